The molecule has 112 valence electrons. The first-order valence-electron chi connectivity index (χ1n) is 5.87. The molecular weight excluding hydrogens is 335 g/mol. The van der Waals surface area contributed by atoms with Crippen LogP contribution >= 0.6 is 23.2 Å². The van der Waals surface area contributed by atoms with Crippen molar-refractivity contribution < 1.29 is 13.5 Å². The van der Waals surface area contributed by atoms with Crippen LogP contribution in [0.25, 0.3) is 0 Å². The van der Waals surface area contributed by atoms with Gasteiger partial charge >= 0.3 is 0 Å². The molecule has 0 unspecified atom stereocenters. The van der Waals surface area contributed by atoms with Crippen molar-refractivity contribution in [1.29, 1.82) is 0 Å². The van der Waals surface area contributed by atoms with Gasteiger partial charge in [-0.15, -0.1) is 0 Å². The zero-order chi connectivity index (χ0) is 15.6. The maximum Gasteiger partial charge on any atom is 0.263 e. The SMILES string of the molecule is Cc1cncc(NS(=O)(=O)c2cc(CO)c(Cl)cc2Cl)c1. The number of halogens is 2. The Morgan fingerprint density at radius 3 is 2.52 bits per heavy atom. The molecule has 2 rings (SSSR count). The number of aliphatic hydroxyl groups is 1. The number of anilines is 1. The number of aromatic nitrogens is 1. The Morgan fingerprint density at radius 1 is 1.19 bits per heavy atom. The van der Waals surface area contributed by atoms with Gasteiger partial charge in [-0.1, -0.05) is 23.2 Å². The summed E-state index contributed by atoms with van der Waals surface area (Å²) in [5.74, 6) is 0. The molecule has 1 aromatic carbocycles. The molecule has 0 bridgehead atoms. The summed E-state index contributed by atoms with van der Waals surface area (Å²) in [5, 5.41) is 9.36. The van der Waals surface area contributed by atoms with Gasteiger partial charge in [0.15, 0.2) is 0 Å². The molecule has 21 heavy (non-hydrogen) atoms. The quantitative estimate of drug-likeness (QED) is 0.891. The van der Waals surface area contributed by atoms with Crippen molar-refractivity contribution in [3.05, 3.63) is 51.8 Å². The summed E-state index contributed by atoms with van der Waals surface area (Å²) in [6.45, 7) is 1.41. The summed E-state index contributed by atoms with van der Waals surface area (Å²) < 4.78 is 27.1. The topological polar surface area (TPSA) is 79.3 Å². The molecule has 0 aliphatic carbocycles. The Balaban J connectivity index is 2.44. The summed E-state index contributed by atoms with van der Waals surface area (Å²) in [6, 6.07) is 4.18. The maximum atomic E-state index is 12.4. The van der Waals surface area contributed by atoms with E-state index in [0.29, 0.717) is 5.69 Å². The van der Waals surface area contributed by atoms with E-state index in [4.69, 9.17) is 23.2 Å². The summed E-state index contributed by atoms with van der Waals surface area (Å²) in [6.07, 6.45) is 3.00. The van der Waals surface area contributed by atoms with E-state index in [1.54, 1.807) is 19.2 Å². The fraction of sp³-hybridized carbons (Fsp3) is 0.154. The first-order valence-corrected chi connectivity index (χ1v) is 8.10. The Morgan fingerprint density at radius 2 is 1.90 bits per heavy atom. The third-order valence-corrected chi connectivity index (χ3v) is 4.89. The van der Waals surface area contributed by atoms with Crippen LogP contribution in [0.3, 0.4) is 0 Å². The number of hydrogen-bond donors (Lipinski definition) is 2. The van der Waals surface area contributed by atoms with Crippen LogP contribution in [-0.2, 0) is 16.6 Å². The molecule has 1 aromatic heterocycles. The number of aliphatic hydroxyl groups excluding tert-OH is 1. The molecular formula is C13H12Cl2N2O3S. The molecule has 0 amide bonds. The van der Waals surface area contributed by atoms with Gasteiger partial charge in [0.05, 0.1) is 23.5 Å². The van der Waals surface area contributed by atoms with Gasteiger partial charge in [0.2, 0.25) is 0 Å². The number of benzene rings is 1. The van der Waals surface area contributed by atoms with Gasteiger partial charge in [-0.3, -0.25) is 9.71 Å². The lowest BCUT2D eigenvalue weighted by Crippen LogP contribution is -2.14. The maximum absolute atomic E-state index is 12.4. The van der Waals surface area contributed by atoms with E-state index in [9.17, 15) is 13.5 Å². The number of sulfonamides is 1. The van der Waals surface area contributed by atoms with Gasteiger partial charge in [-0.2, -0.15) is 0 Å². The van der Waals surface area contributed by atoms with Crippen LogP contribution in [0.1, 0.15) is 11.1 Å². The number of aryl methyl sites for hydroxylation is 1. The molecule has 1 heterocycles. The summed E-state index contributed by atoms with van der Waals surface area (Å²) >= 11 is 11.8. The molecule has 5 nitrogen and oxygen atoms in total. The minimum absolute atomic E-state index is 0.0229. The molecule has 0 atom stereocenters. The fourth-order valence-electron chi connectivity index (χ4n) is 1.72. The van der Waals surface area contributed by atoms with Crippen LogP contribution in [0.5, 0.6) is 0 Å². The van der Waals surface area contributed by atoms with Crippen LogP contribution in [0, 0.1) is 6.92 Å². The van der Waals surface area contributed by atoms with E-state index in [0.717, 1.165) is 5.56 Å². The van der Waals surface area contributed by atoms with Gasteiger partial charge in [0, 0.05) is 11.2 Å². The van der Waals surface area contributed by atoms with Crippen LogP contribution in [0.15, 0.2) is 35.5 Å². The molecule has 2 N–H and O–H groups in total. The summed E-state index contributed by atoms with van der Waals surface area (Å²) in [7, 11) is -3.90. The zero-order valence-electron chi connectivity index (χ0n) is 11.0. The standard InChI is InChI=1S/C13H12Cl2N2O3S/c1-8-2-10(6-16-5-8)17-21(19,20)13-3-9(7-18)11(14)4-12(13)15/h2-6,17-18H,7H2,1H3. The second-order valence-corrected chi connectivity index (χ2v) is 6.85. The van der Waals surface area contributed by atoms with Gasteiger partial charge in [-0.25, -0.2) is 8.42 Å². The Bertz CT molecular complexity index is 779. The Kier molecular flexibility index (Phi) is 4.73. The van der Waals surface area contributed by atoms with Gasteiger partial charge in [0.25, 0.3) is 10.0 Å². The third-order valence-electron chi connectivity index (χ3n) is 2.69. The van der Waals surface area contributed by atoms with E-state index < -0.39 is 10.0 Å². The minimum atomic E-state index is -3.90. The molecule has 2 aromatic rings. The van der Waals surface area contributed by atoms with Gasteiger partial charge in [-0.05, 0) is 36.2 Å². The first kappa shape index (κ1) is 16.0. The van der Waals surface area contributed by atoms with Crippen molar-refractivity contribution in [3.63, 3.8) is 0 Å². The molecule has 8 heteroatoms. The Labute approximate surface area is 132 Å². The van der Waals surface area contributed by atoms with Crippen LogP contribution in [0.4, 0.5) is 5.69 Å². The van der Waals surface area contributed by atoms with Crippen molar-refractivity contribution in [3.8, 4) is 0 Å². The predicted molar refractivity (Wildman–Crippen MR) is 82.2 cm³/mol. The molecule has 0 saturated carbocycles. The van der Waals surface area contributed by atoms with E-state index >= 15 is 0 Å². The van der Waals surface area contributed by atoms with Crippen LogP contribution < -0.4 is 4.72 Å². The highest BCUT2D eigenvalue weighted by Crippen LogP contribution is 2.30. The van der Waals surface area contributed by atoms with E-state index in [2.05, 4.69) is 9.71 Å². The predicted octanol–water partition coefficient (Wildman–Crippen LogP) is 2.99. The number of rotatable bonds is 4. The second-order valence-electron chi connectivity index (χ2n) is 4.39. The highest BCUT2D eigenvalue weighted by Gasteiger charge is 2.20. The number of nitrogens with one attached hydrogen (secondary N) is 1. The Hall–Kier alpha value is -1.34. The summed E-state index contributed by atoms with van der Waals surface area (Å²) in [4.78, 5) is 3.76. The first-order chi connectivity index (χ1) is 9.83. The number of pyridine rings is 1. The normalized spacial score (nSPS) is 11.4. The lowest BCUT2D eigenvalue weighted by Gasteiger charge is -2.11. The molecule has 0 radical (unpaired) electrons. The molecule has 0 aliphatic rings. The van der Waals surface area contributed by atoms with Crippen molar-refractivity contribution in [2.24, 2.45) is 0 Å². The average Bonchev–Trinajstić information content (AvgIpc) is 2.37. The highest BCUT2D eigenvalue weighted by molar-refractivity contribution is 7.92. The van der Waals surface area contributed by atoms with Crippen LogP contribution in [0.2, 0.25) is 10.0 Å². The van der Waals surface area contributed by atoms with Crippen molar-refractivity contribution in [1.82, 2.24) is 4.98 Å². The smallest absolute Gasteiger partial charge is 0.263 e. The van der Waals surface area contributed by atoms with Crippen LogP contribution in [-0.4, -0.2) is 18.5 Å². The molecule has 0 fully saturated rings. The number of hydrogen-bond acceptors (Lipinski definition) is 4. The zero-order valence-corrected chi connectivity index (χ0v) is 13.3. The lowest BCUT2D eigenvalue weighted by atomic mass is 10.2. The number of nitrogens with zero attached hydrogens (tertiary/aromatic N) is 1. The van der Waals surface area contributed by atoms with Crippen molar-refractivity contribution >= 4 is 38.9 Å². The lowest BCUT2D eigenvalue weighted by molar-refractivity contribution is 0.281. The average molecular weight is 347 g/mol. The highest BCUT2D eigenvalue weighted by atomic mass is 35.5. The molecule has 0 aliphatic heterocycles. The van der Waals surface area contributed by atoms with Crippen molar-refractivity contribution in [2.45, 2.75) is 18.4 Å². The fourth-order valence-corrected chi connectivity index (χ4v) is 3.61. The largest absolute Gasteiger partial charge is 0.392 e. The summed E-state index contributed by atoms with van der Waals surface area (Å²) in [5.41, 5.74) is 1.42. The van der Waals surface area contributed by atoms with Gasteiger partial charge in [0.1, 0.15) is 4.90 Å². The third kappa shape index (κ3) is 3.65. The monoisotopic (exact) mass is 346 g/mol. The van der Waals surface area contributed by atoms with Gasteiger partial charge < -0.3 is 5.11 Å². The second kappa shape index (κ2) is 6.19. The molecule has 0 saturated heterocycles. The van der Waals surface area contributed by atoms with E-state index in [1.807, 2.05) is 0 Å². The van der Waals surface area contributed by atoms with Crippen molar-refractivity contribution in [2.75, 3.05) is 4.72 Å². The van der Waals surface area contributed by atoms with E-state index in [1.165, 1.54) is 18.3 Å². The van der Waals surface area contributed by atoms with E-state index in [-0.39, 0.29) is 27.1 Å². The molecule has 0 spiro atoms. The minimum Gasteiger partial charge on any atom is -0.392 e.